The Kier molecular flexibility index (Phi) is 5.16. The molecule has 1 amide bonds. The molecule has 0 aliphatic carbocycles. The number of fused-ring (bicyclic) bond motifs is 1. The molecule has 2 atom stereocenters. The smallest absolute Gasteiger partial charge is 0.237 e. The second kappa shape index (κ2) is 7.72. The number of H-pyrrole nitrogens is 1. The number of benzene rings is 2. The van der Waals surface area contributed by atoms with Crippen molar-refractivity contribution in [2.75, 3.05) is 6.54 Å². The summed E-state index contributed by atoms with van der Waals surface area (Å²) >= 11 is 6.13. The van der Waals surface area contributed by atoms with Gasteiger partial charge in [0, 0.05) is 41.5 Å². The molecule has 1 fully saturated rings. The number of aromatic amines is 1. The van der Waals surface area contributed by atoms with E-state index in [-0.39, 0.29) is 12.0 Å². The number of hydrogen-bond acceptors (Lipinski definition) is 3. The molecule has 6 heteroatoms. The second-order valence-corrected chi connectivity index (χ2v) is 7.40. The predicted octanol–water partition coefficient (Wildman–Crippen LogP) is 3.47. The Labute approximate surface area is 163 Å². The number of nitrogens with zero attached hydrogens (tertiary/aromatic N) is 1. The number of halogens is 1. The van der Waals surface area contributed by atoms with E-state index in [0.717, 1.165) is 29.3 Å². The summed E-state index contributed by atoms with van der Waals surface area (Å²) in [7, 11) is 0. The van der Waals surface area contributed by atoms with Crippen LogP contribution in [0.5, 0.6) is 0 Å². The number of nitrogens with two attached hydrogens (primary N) is 1. The van der Waals surface area contributed by atoms with E-state index in [1.807, 2.05) is 42.6 Å². The van der Waals surface area contributed by atoms with Crippen molar-refractivity contribution < 1.29 is 9.63 Å². The summed E-state index contributed by atoms with van der Waals surface area (Å²) in [6, 6.07) is 15.5. The first kappa shape index (κ1) is 18.0. The zero-order valence-corrected chi connectivity index (χ0v) is 15.7. The van der Waals surface area contributed by atoms with E-state index in [1.165, 1.54) is 5.56 Å². The van der Waals surface area contributed by atoms with E-state index in [1.54, 1.807) is 5.06 Å². The first-order chi connectivity index (χ1) is 13.1. The van der Waals surface area contributed by atoms with E-state index in [4.69, 9.17) is 22.2 Å². The van der Waals surface area contributed by atoms with Crippen LogP contribution in [0.1, 0.15) is 17.5 Å². The lowest BCUT2D eigenvalue weighted by molar-refractivity contribution is -0.167. The third-order valence-electron chi connectivity index (χ3n) is 5.08. The molecule has 3 N–H and O–H groups in total. The zero-order chi connectivity index (χ0) is 18.8. The quantitative estimate of drug-likeness (QED) is 0.684. The molecular formula is C21H22ClN3O2. The van der Waals surface area contributed by atoms with E-state index >= 15 is 0 Å². The van der Waals surface area contributed by atoms with Gasteiger partial charge < -0.3 is 10.7 Å². The molecule has 2 unspecified atom stereocenters. The minimum Gasteiger partial charge on any atom is -0.368 e. The molecule has 2 aromatic carbocycles. The maximum absolute atomic E-state index is 11.9. The van der Waals surface area contributed by atoms with Gasteiger partial charge in [-0.3, -0.25) is 9.63 Å². The van der Waals surface area contributed by atoms with Gasteiger partial charge in [-0.15, -0.1) is 0 Å². The van der Waals surface area contributed by atoms with Crippen LogP contribution in [0, 0.1) is 0 Å². The number of rotatable bonds is 6. The Bertz CT molecular complexity index is 941. The summed E-state index contributed by atoms with van der Waals surface area (Å²) in [5, 5.41) is 3.55. The summed E-state index contributed by atoms with van der Waals surface area (Å²) in [6.07, 6.45) is 4.07. The van der Waals surface area contributed by atoms with E-state index in [9.17, 15) is 4.79 Å². The highest BCUT2D eigenvalue weighted by Crippen LogP contribution is 2.26. The zero-order valence-electron chi connectivity index (χ0n) is 14.9. The lowest BCUT2D eigenvalue weighted by Crippen LogP contribution is -2.40. The Hall–Kier alpha value is -2.34. The monoisotopic (exact) mass is 383 g/mol. The van der Waals surface area contributed by atoms with Gasteiger partial charge in [0.05, 0.1) is 6.10 Å². The lowest BCUT2D eigenvalue weighted by Gasteiger charge is -2.20. The summed E-state index contributed by atoms with van der Waals surface area (Å²) in [4.78, 5) is 21.2. The van der Waals surface area contributed by atoms with Crippen molar-refractivity contribution in [3.8, 4) is 0 Å². The van der Waals surface area contributed by atoms with Gasteiger partial charge in [0.1, 0.15) is 6.04 Å². The standard InChI is InChI=1S/C21H22ClN3O2/c22-16-6-7-19-18(11-16)15(13-24-19)8-9-25-20(21(23)26)12-17(27-25)10-14-4-2-1-3-5-14/h1-7,11,13,17,20,24H,8-10,12H2,(H2,23,26). The van der Waals surface area contributed by atoms with Crippen LogP contribution in [0.2, 0.25) is 5.02 Å². The van der Waals surface area contributed by atoms with Crippen molar-refractivity contribution in [1.82, 2.24) is 10.0 Å². The molecule has 0 bridgehead atoms. The molecule has 1 saturated heterocycles. The van der Waals surface area contributed by atoms with Gasteiger partial charge in [-0.2, -0.15) is 5.06 Å². The van der Waals surface area contributed by atoms with Crippen LogP contribution in [-0.4, -0.2) is 34.6 Å². The highest BCUT2D eigenvalue weighted by atomic mass is 35.5. The molecule has 27 heavy (non-hydrogen) atoms. The third kappa shape index (κ3) is 4.00. The Morgan fingerprint density at radius 1 is 1.26 bits per heavy atom. The molecule has 2 heterocycles. The van der Waals surface area contributed by atoms with Crippen molar-refractivity contribution in [2.24, 2.45) is 5.73 Å². The average molecular weight is 384 g/mol. The number of primary amides is 1. The number of aromatic nitrogens is 1. The molecule has 1 aliphatic rings. The maximum Gasteiger partial charge on any atom is 0.237 e. The average Bonchev–Trinajstić information content (AvgIpc) is 3.24. The Balaban J connectivity index is 1.44. The first-order valence-electron chi connectivity index (χ1n) is 9.12. The van der Waals surface area contributed by atoms with Crippen LogP contribution in [-0.2, 0) is 22.5 Å². The largest absolute Gasteiger partial charge is 0.368 e. The number of hydroxylamine groups is 2. The lowest BCUT2D eigenvalue weighted by atomic mass is 10.0. The summed E-state index contributed by atoms with van der Waals surface area (Å²) < 4.78 is 0. The minimum absolute atomic E-state index is 0.0395. The fourth-order valence-electron chi connectivity index (χ4n) is 3.73. The third-order valence-corrected chi connectivity index (χ3v) is 5.32. The van der Waals surface area contributed by atoms with Crippen LogP contribution in [0.15, 0.2) is 54.7 Å². The molecule has 0 spiro atoms. The van der Waals surface area contributed by atoms with E-state index in [2.05, 4.69) is 17.1 Å². The number of amides is 1. The van der Waals surface area contributed by atoms with Crippen molar-refractivity contribution >= 4 is 28.4 Å². The number of hydrogen-bond donors (Lipinski definition) is 2. The van der Waals surface area contributed by atoms with E-state index in [0.29, 0.717) is 18.0 Å². The molecule has 0 saturated carbocycles. The predicted molar refractivity (Wildman–Crippen MR) is 106 cm³/mol. The first-order valence-corrected chi connectivity index (χ1v) is 9.50. The van der Waals surface area contributed by atoms with Crippen molar-refractivity contribution in [3.05, 3.63) is 70.9 Å². The fraction of sp³-hybridized carbons (Fsp3) is 0.286. The van der Waals surface area contributed by atoms with Crippen LogP contribution < -0.4 is 5.73 Å². The van der Waals surface area contributed by atoms with Crippen LogP contribution in [0.4, 0.5) is 0 Å². The number of carbonyl (C=O) groups is 1. The Morgan fingerprint density at radius 2 is 2.07 bits per heavy atom. The molecule has 3 aromatic rings. The summed E-state index contributed by atoms with van der Waals surface area (Å²) in [6.45, 7) is 0.596. The van der Waals surface area contributed by atoms with Gasteiger partial charge in [-0.05, 0) is 35.7 Å². The second-order valence-electron chi connectivity index (χ2n) is 6.97. The number of nitrogens with one attached hydrogen (secondary N) is 1. The minimum atomic E-state index is -0.396. The molecular weight excluding hydrogens is 362 g/mol. The molecule has 0 radical (unpaired) electrons. The molecule has 4 rings (SSSR count). The van der Waals surface area contributed by atoms with Gasteiger partial charge >= 0.3 is 0 Å². The maximum atomic E-state index is 11.9. The number of carbonyl (C=O) groups excluding carboxylic acids is 1. The van der Waals surface area contributed by atoms with Crippen molar-refractivity contribution in [3.63, 3.8) is 0 Å². The van der Waals surface area contributed by atoms with Gasteiger partial charge in [0.15, 0.2) is 0 Å². The fourth-order valence-corrected chi connectivity index (χ4v) is 3.90. The van der Waals surface area contributed by atoms with Crippen LogP contribution in [0.25, 0.3) is 10.9 Å². The van der Waals surface area contributed by atoms with Crippen molar-refractivity contribution in [1.29, 1.82) is 0 Å². The molecule has 5 nitrogen and oxygen atoms in total. The van der Waals surface area contributed by atoms with Gasteiger partial charge in [0.25, 0.3) is 0 Å². The molecule has 1 aromatic heterocycles. The van der Waals surface area contributed by atoms with E-state index < -0.39 is 6.04 Å². The topological polar surface area (TPSA) is 71.4 Å². The van der Waals surface area contributed by atoms with Gasteiger partial charge in [-0.25, -0.2) is 0 Å². The molecule has 140 valence electrons. The summed E-state index contributed by atoms with van der Waals surface area (Å²) in [5.74, 6) is -0.340. The van der Waals surface area contributed by atoms with Crippen LogP contribution in [0.3, 0.4) is 0 Å². The molecule has 1 aliphatic heterocycles. The Morgan fingerprint density at radius 3 is 2.85 bits per heavy atom. The van der Waals surface area contributed by atoms with Gasteiger partial charge in [0.2, 0.25) is 5.91 Å². The highest BCUT2D eigenvalue weighted by molar-refractivity contribution is 6.31. The SMILES string of the molecule is NC(=O)C1CC(Cc2ccccc2)ON1CCc1c[nH]c2ccc(Cl)cc12. The normalized spacial score (nSPS) is 20.3. The highest BCUT2D eigenvalue weighted by Gasteiger charge is 2.36. The van der Waals surface area contributed by atoms with Crippen LogP contribution >= 0.6 is 11.6 Å². The van der Waals surface area contributed by atoms with Gasteiger partial charge in [-0.1, -0.05) is 41.9 Å². The van der Waals surface area contributed by atoms with Crippen molar-refractivity contribution in [2.45, 2.75) is 31.4 Å². The summed E-state index contributed by atoms with van der Waals surface area (Å²) in [5.41, 5.74) is 9.00.